The smallest absolute Gasteiger partial charge is 0.135 e. The number of nitrogens with zero attached hydrogens (tertiary/aromatic N) is 1. The highest BCUT2D eigenvalue weighted by atomic mass is 16.3. The lowest BCUT2D eigenvalue weighted by molar-refractivity contribution is 0.631. The van der Waals surface area contributed by atoms with Crippen LogP contribution in [0.25, 0.3) is 34.4 Å². The molecule has 0 fully saturated rings. The number of para-hydroxylation sites is 1. The summed E-state index contributed by atoms with van der Waals surface area (Å²) in [4.78, 5) is 0. The van der Waals surface area contributed by atoms with Crippen LogP contribution in [0, 0.1) is 11.3 Å². The standard InChI is InChI=1S/C23H15NO/c24-16-19-9-7-17(8-10-19)5-6-18-11-13-20(14-12-18)23-15-21-3-1-2-4-22(21)25-23/h1-15H. The molecule has 3 aromatic carbocycles. The molecule has 0 aliphatic rings. The number of hydrogen-bond donors (Lipinski definition) is 0. The summed E-state index contributed by atoms with van der Waals surface area (Å²) in [5.41, 5.74) is 4.82. The molecular formula is C23H15NO. The third kappa shape index (κ3) is 3.22. The maximum absolute atomic E-state index is 8.83. The van der Waals surface area contributed by atoms with Gasteiger partial charge in [-0.3, -0.25) is 0 Å². The Kier molecular flexibility index (Phi) is 3.90. The highest BCUT2D eigenvalue weighted by molar-refractivity contribution is 5.83. The second-order valence-electron chi connectivity index (χ2n) is 5.84. The molecule has 1 aromatic heterocycles. The Morgan fingerprint density at radius 1 is 0.760 bits per heavy atom. The van der Waals surface area contributed by atoms with Gasteiger partial charge >= 0.3 is 0 Å². The maximum Gasteiger partial charge on any atom is 0.135 e. The Balaban J connectivity index is 1.55. The molecule has 0 radical (unpaired) electrons. The van der Waals surface area contributed by atoms with Crippen LogP contribution in [0.5, 0.6) is 0 Å². The van der Waals surface area contributed by atoms with Crippen molar-refractivity contribution in [3.63, 3.8) is 0 Å². The number of rotatable bonds is 3. The van der Waals surface area contributed by atoms with Gasteiger partial charge in [0.15, 0.2) is 0 Å². The molecule has 2 nitrogen and oxygen atoms in total. The predicted molar refractivity (Wildman–Crippen MR) is 102 cm³/mol. The van der Waals surface area contributed by atoms with Gasteiger partial charge in [0.1, 0.15) is 11.3 Å². The summed E-state index contributed by atoms with van der Waals surface area (Å²) in [6.45, 7) is 0. The summed E-state index contributed by atoms with van der Waals surface area (Å²) in [5, 5.41) is 9.94. The Morgan fingerprint density at radius 2 is 1.40 bits per heavy atom. The minimum Gasteiger partial charge on any atom is -0.456 e. The minimum absolute atomic E-state index is 0.673. The zero-order chi connectivity index (χ0) is 17.1. The van der Waals surface area contributed by atoms with Crippen LogP contribution in [0.4, 0.5) is 0 Å². The monoisotopic (exact) mass is 321 g/mol. The average Bonchev–Trinajstić information content (AvgIpc) is 3.11. The van der Waals surface area contributed by atoms with Crippen molar-refractivity contribution in [2.45, 2.75) is 0 Å². The first-order valence-electron chi connectivity index (χ1n) is 8.09. The average molecular weight is 321 g/mol. The highest BCUT2D eigenvalue weighted by Gasteiger charge is 2.05. The summed E-state index contributed by atoms with van der Waals surface area (Å²) in [5.74, 6) is 0.879. The molecule has 0 saturated heterocycles. The van der Waals surface area contributed by atoms with Crippen molar-refractivity contribution in [1.82, 2.24) is 0 Å². The van der Waals surface area contributed by atoms with Crippen molar-refractivity contribution < 1.29 is 4.42 Å². The molecule has 0 spiro atoms. The van der Waals surface area contributed by atoms with E-state index in [0.717, 1.165) is 33.4 Å². The van der Waals surface area contributed by atoms with Gasteiger partial charge in [-0.15, -0.1) is 0 Å². The van der Waals surface area contributed by atoms with E-state index >= 15 is 0 Å². The molecule has 4 aromatic rings. The van der Waals surface area contributed by atoms with Crippen molar-refractivity contribution in [3.8, 4) is 17.4 Å². The normalized spacial score (nSPS) is 11.0. The second-order valence-corrected chi connectivity index (χ2v) is 5.84. The zero-order valence-corrected chi connectivity index (χ0v) is 13.5. The van der Waals surface area contributed by atoms with Gasteiger partial charge in [-0.25, -0.2) is 0 Å². The molecule has 0 aliphatic carbocycles. The van der Waals surface area contributed by atoms with Gasteiger partial charge in [0.2, 0.25) is 0 Å². The maximum atomic E-state index is 8.83. The number of nitriles is 1. The Labute approximate surface area is 146 Å². The van der Waals surface area contributed by atoms with E-state index < -0.39 is 0 Å². The van der Waals surface area contributed by atoms with Crippen LogP contribution in [0.2, 0.25) is 0 Å². The lowest BCUT2D eigenvalue weighted by atomic mass is 10.1. The van der Waals surface area contributed by atoms with Crippen LogP contribution in [0.15, 0.2) is 83.3 Å². The third-order valence-corrected chi connectivity index (χ3v) is 4.13. The Hall–Kier alpha value is -3.57. The quantitative estimate of drug-likeness (QED) is 0.425. The van der Waals surface area contributed by atoms with Gasteiger partial charge < -0.3 is 4.42 Å². The fourth-order valence-corrected chi connectivity index (χ4v) is 2.74. The number of fused-ring (bicyclic) bond motifs is 1. The van der Waals surface area contributed by atoms with Crippen molar-refractivity contribution in [3.05, 3.63) is 95.6 Å². The van der Waals surface area contributed by atoms with Crippen LogP contribution < -0.4 is 0 Å². The SMILES string of the molecule is N#Cc1ccc(C=Cc2ccc(-c3cc4ccccc4o3)cc2)cc1. The van der Waals surface area contributed by atoms with Crippen molar-refractivity contribution in [1.29, 1.82) is 5.26 Å². The molecule has 0 unspecified atom stereocenters. The van der Waals surface area contributed by atoms with Crippen LogP contribution in [0.3, 0.4) is 0 Å². The van der Waals surface area contributed by atoms with E-state index in [-0.39, 0.29) is 0 Å². The van der Waals surface area contributed by atoms with Crippen molar-refractivity contribution >= 4 is 23.1 Å². The largest absolute Gasteiger partial charge is 0.456 e. The van der Waals surface area contributed by atoms with E-state index in [2.05, 4.69) is 48.5 Å². The second kappa shape index (κ2) is 6.51. The number of hydrogen-bond acceptors (Lipinski definition) is 2. The van der Waals surface area contributed by atoms with Crippen LogP contribution in [-0.4, -0.2) is 0 Å². The van der Waals surface area contributed by atoms with Crippen LogP contribution >= 0.6 is 0 Å². The fraction of sp³-hybridized carbons (Fsp3) is 0. The molecule has 1 heterocycles. The fourth-order valence-electron chi connectivity index (χ4n) is 2.74. The summed E-state index contributed by atoms with van der Waals surface area (Å²) >= 11 is 0. The Morgan fingerprint density at radius 3 is 2.04 bits per heavy atom. The van der Waals surface area contributed by atoms with E-state index in [9.17, 15) is 0 Å². The van der Waals surface area contributed by atoms with Gasteiger partial charge in [-0.2, -0.15) is 5.26 Å². The molecule has 0 bridgehead atoms. The van der Waals surface area contributed by atoms with Gasteiger partial charge in [0.25, 0.3) is 0 Å². The van der Waals surface area contributed by atoms with Gasteiger partial charge in [-0.1, -0.05) is 66.7 Å². The summed E-state index contributed by atoms with van der Waals surface area (Å²) in [7, 11) is 0. The molecule has 0 N–H and O–H groups in total. The zero-order valence-electron chi connectivity index (χ0n) is 13.5. The number of benzene rings is 3. The van der Waals surface area contributed by atoms with E-state index in [1.54, 1.807) is 0 Å². The lowest BCUT2D eigenvalue weighted by Crippen LogP contribution is -1.77. The number of furan rings is 1. The Bertz CT molecular complexity index is 1040. The lowest BCUT2D eigenvalue weighted by Gasteiger charge is -1.98. The predicted octanol–water partition coefficient (Wildman–Crippen LogP) is 6.14. The topological polar surface area (TPSA) is 36.9 Å². The van der Waals surface area contributed by atoms with Crippen LogP contribution in [0.1, 0.15) is 16.7 Å². The first-order valence-corrected chi connectivity index (χ1v) is 8.09. The van der Waals surface area contributed by atoms with Gasteiger partial charge in [0.05, 0.1) is 11.6 Å². The van der Waals surface area contributed by atoms with E-state index in [0.29, 0.717) is 5.56 Å². The summed E-state index contributed by atoms with van der Waals surface area (Å²) in [6, 6.07) is 28.0. The first-order chi connectivity index (χ1) is 12.3. The van der Waals surface area contributed by atoms with Crippen molar-refractivity contribution in [2.75, 3.05) is 0 Å². The molecule has 25 heavy (non-hydrogen) atoms. The molecule has 0 aliphatic heterocycles. The molecule has 118 valence electrons. The summed E-state index contributed by atoms with van der Waals surface area (Å²) < 4.78 is 5.90. The van der Waals surface area contributed by atoms with E-state index in [1.165, 1.54) is 0 Å². The molecule has 0 amide bonds. The van der Waals surface area contributed by atoms with Gasteiger partial charge in [0, 0.05) is 10.9 Å². The third-order valence-electron chi connectivity index (χ3n) is 4.13. The van der Waals surface area contributed by atoms with Crippen molar-refractivity contribution in [2.24, 2.45) is 0 Å². The van der Waals surface area contributed by atoms with E-state index in [4.69, 9.17) is 9.68 Å². The molecular weight excluding hydrogens is 306 g/mol. The molecule has 2 heteroatoms. The molecule has 0 atom stereocenters. The summed E-state index contributed by atoms with van der Waals surface area (Å²) in [6.07, 6.45) is 4.10. The van der Waals surface area contributed by atoms with E-state index in [1.807, 2.05) is 48.5 Å². The molecule has 0 saturated carbocycles. The molecule has 4 rings (SSSR count). The minimum atomic E-state index is 0.673. The first kappa shape index (κ1) is 15.0. The highest BCUT2D eigenvalue weighted by Crippen LogP contribution is 2.28. The van der Waals surface area contributed by atoms with Gasteiger partial charge in [-0.05, 0) is 35.4 Å². The van der Waals surface area contributed by atoms with Crippen LogP contribution in [-0.2, 0) is 0 Å².